The molecular formula is C27H26N4O3. The summed E-state index contributed by atoms with van der Waals surface area (Å²) in [5.41, 5.74) is 1.91. The molecule has 0 bridgehead atoms. The summed E-state index contributed by atoms with van der Waals surface area (Å²) in [4.78, 5) is 28.9. The van der Waals surface area contributed by atoms with Gasteiger partial charge in [0, 0.05) is 12.1 Å². The number of aryl methyl sites for hydroxylation is 1. The summed E-state index contributed by atoms with van der Waals surface area (Å²) >= 11 is 0. The number of amides is 2. The lowest BCUT2D eigenvalue weighted by Crippen LogP contribution is -2.63. The van der Waals surface area contributed by atoms with Gasteiger partial charge < -0.3 is 14.6 Å². The summed E-state index contributed by atoms with van der Waals surface area (Å²) in [7, 11) is 0. The molecule has 34 heavy (non-hydrogen) atoms. The fourth-order valence-electron chi connectivity index (χ4n) is 4.33. The molecule has 172 valence electrons. The molecule has 0 aliphatic carbocycles. The highest BCUT2D eigenvalue weighted by atomic mass is 16.3. The number of carbonyl (C=O) groups excluding carboxylic acids is 2. The molecule has 1 aliphatic rings. The van der Waals surface area contributed by atoms with Crippen LogP contribution in [0.5, 0.6) is 0 Å². The van der Waals surface area contributed by atoms with E-state index in [4.69, 9.17) is 4.42 Å². The molecule has 0 radical (unpaired) electrons. The Hall–Kier alpha value is -4.13. The molecule has 4 aromatic rings. The molecule has 2 aromatic carbocycles. The number of benzene rings is 2. The van der Waals surface area contributed by atoms with Crippen LogP contribution < -0.4 is 5.32 Å². The van der Waals surface area contributed by atoms with Gasteiger partial charge in [0.2, 0.25) is 5.91 Å². The summed E-state index contributed by atoms with van der Waals surface area (Å²) in [6, 6.07) is 24.9. The van der Waals surface area contributed by atoms with Crippen molar-refractivity contribution in [1.82, 2.24) is 20.0 Å². The molecule has 0 spiro atoms. The maximum absolute atomic E-state index is 13.7. The minimum absolute atomic E-state index is 0.188. The third-order valence-corrected chi connectivity index (χ3v) is 6.26. The molecular weight excluding hydrogens is 428 g/mol. The molecule has 2 aromatic heterocycles. The highest BCUT2D eigenvalue weighted by Crippen LogP contribution is 2.31. The second-order valence-corrected chi connectivity index (χ2v) is 8.78. The molecule has 5 rings (SSSR count). The molecule has 1 aliphatic heterocycles. The van der Waals surface area contributed by atoms with Crippen LogP contribution in [0.25, 0.3) is 11.3 Å². The van der Waals surface area contributed by atoms with E-state index in [1.807, 2.05) is 79.7 Å². The minimum atomic E-state index is -1.15. The first-order valence-electron chi connectivity index (χ1n) is 11.3. The van der Waals surface area contributed by atoms with Crippen LogP contribution in [0.1, 0.15) is 34.5 Å². The van der Waals surface area contributed by atoms with Gasteiger partial charge in [0.1, 0.15) is 22.8 Å². The Labute approximate surface area is 198 Å². The van der Waals surface area contributed by atoms with Crippen molar-refractivity contribution in [2.75, 3.05) is 0 Å². The highest BCUT2D eigenvalue weighted by molar-refractivity contribution is 6.00. The number of fused-ring (bicyclic) bond motifs is 1. The fraction of sp³-hybridized carbons (Fsp3) is 0.222. The van der Waals surface area contributed by atoms with Crippen LogP contribution in [0, 0.1) is 6.92 Å². The van der Waals surface area contributed by atoms with Crippen molar-refractivity contribution in [2.24, 2.45) is 0 Å². The van der Waals surface area contributed by atoms with Crippen LogP contribution in [-0.2, 0) is 24.4 Å². The number of aromatic nitrogens is 2. The van der Waals surface area contributed by atoms with Gasteiger partial charge in [-0.2, -0.15) is 5.10 Å². The van der Waals surface area contributed by atoms with Gasteiger partial charge in [-0.3, -0.25) is 14.3 Å². The van der Waals surface area contributed by atoms with Crippen molar-refractivity contribution in [3.63, 3.8) is 0 Å². The van der Waals surface area contributed by atoms with E-state index in [1.165, 1.54) is 0 Å². The summed E-state index contributed by atoms with van der Waals surface area (Å²) in [5, 5.41) is 7.69. The first kappa shape index (κ1) is 21.7. The molecule has 0 unspecified atom stereocenters. The Morgan fingerprint density at radius 3 is 2.44 bits per heavy atom. The number of rotatable bonds is 6. The van der Waals surface area contributed by atoms with E-state index in [1.54, 1.807) is 22.6 Å². The topological polar surface area (TPSA) is 80.4 Å². The monoisotopic (exact) mass is 454 g/mol. The molecule has 7 nitrogen and oxygen atoms in total. The second-order valence-electron chi connectivity index (χ2n) is 8.78. The van der Waals surface area contributed by atoms with Gasteiger partial charge in [-0.15, -0.1) is 0 Å². The number of carbonyl (C=O) groups is 2. The van der Waals surface area contributed by atoms with Crippen molar-refractivity contribution in [2.45, 2.75) is 39.0 Å². The fourth-order valence-corrected chi connectivity index (χ4v) is 4.33. The summed E-state index contributed by atoms with van der Waals surface area (Å²) < 4.78 is 7.40. The lowest BCUT2D eigenvalue weighted by atomic mass is 9.94. The number of furan rings is 1. The van der Waals surface area contributed by atoms with Crippen molar-refractivity contribution in [3.8, 4) is 11.3 Å². The Kier molecular flexibility index (Phi) is 5.53. The molecule has 7 heteroatoms. The van der Waals surface area contributed by atoms with Crippen LogP contribution in [0.3, 0.4) is 0 Å². The van der Waals surface area contributed by atoms with Crippen LogP contribution in [0.15, 0.2) is 83.3 Å². The maximum atomic E-state index is 13.7. The second kappa shape index (κ2) is 8.67. The lowest BCUT2D eigenvalue weighted by molar-refractivity contribution is -0.133. The SMILES string of the molecule is Cc1ccc(CN2C(=O)c3cc(-c4ccccc4)nn3C[C@]2(C)C(=O)NCc2ccccc2)o1. The van der Waals surface area contributed by atoms with Crippen molar-refractivity contribution < 1.29 is 14.0 Å². The average molecular weight is 455 g/mol. The van der Waals surface area contributed by atoms with Gasteiger partial charge in [0.25, 0.3) is 5.91 Å². The van der Waals surface area contributed by atoms with Crippen molar-refractivity contribution in [1.29, 1.82) is 0 Å². The molecule has 1 N–H and O–H groups in total. The summed E-state index contributed by atoms with van der Waals surface area (Å²) in [5.74, 6) is 0.887. The van der Waals surface area contributed by atoms with E-state index >= 15 is 0 Å². The van der Waals surface area contributed by atoms with Crippen LogP contribution >= 0.6 is 0 Å². The number of nitrogens with zero attached hydrogens (tertiary/aromatic N) is 3. The van der Waals surface area contributed by atoms with Crippen LogP contribution in [-0.4, -0.2) is 32.0 Å². The average Bonchev–Trinajstić information content (AvgIpc) is 3.47. The Balaban J connectivity index is 1.49. The molecule has 1 atom stereocenters. The Morgan fingerprint density at radius 2 is 1.76 bits per heavy atom. The van der Waals surface area contributed by atoms with E-state index in [0.717, 1.165) is 16.9 Å². The van der Waals surface area contributed by atoms with Gasteiger partial charge in [-0.05, 0) is 37.6 Å². The van der Waals surface area contributed by atoms with E-state index in [2.05, 4.69) is 10.4 Å². The maximum Gasteiger partial charge on any atom is 0.273 e. The van der Waals surface area contributed by atoms with Crippen LogP contribution in [0.4, 0.5) is 0 Å². The molecule has 0 saturated heterocycles. The zero-order chi connectivity index (χ0) is 23.7. The molecule has 3 heterocycles. The number of hydrogen-bond acceptors (Lipinski definition) is 4. The predicted octanol–water partition coefficient (Wildman–Crippen LogP) is 4.18. The van der Waals surface area contributed by atoms with Gasteiger partial charge in [-0.25, -0.2) is 0 Å². The van der Waals surface area contributed by atoms with Crippen molar-refractivity contribution in [3.05, 3.63) is 102 Å². The Bertz CT molecular complexity index is 1330. The van der Waals surface area contributed by atoms with Gasteiger partial charge in [0.15, 0.2) is 0 Å². The standard InChI is InChI=1S/C27H26N4O3/c1-19-13-14-22(34-19)17-30-25(32)24-15-23(21-11-7-4-8-12-21)29-31(24)18-27(30,2)26(33)28-16-20-9-5-3-6-10-20/h3-15H,16-18H2,1-2H3,(H,28,33)/t27-/m1/s1. The zero-order valence-electron chi connectivity index (χ0n) is 19.2. The minimum Gasteiger partial charge on any atom is -0.464 e. The van der Waals surface area contributed by atoms with Crippen LogP contribution in [0.2, 0.25) is 0 Å². The highest BCUT2D eigenvalue weighted by Gasteiger charge is 2.48. The predicted molar refractivity (Wildman–Crippen MR) is 128 cm³/mol. The largest absolute Gasteiger partial charge is 0.464 e. The molecule has 0 fully saturated rings. The number of nitrogens with one attached hydrogen (secondary N) is 1. The number of hydrogen-bond donors (Lipinski definition) is 1. The van der Waals surface area contributed by atoms with Gasteiger partial charge in [-0.1, -0.05) is 60.7 Å². The lowest BCUT2D eigenvalue weighted by Gasteiger charge is -2.42. The van der Waals surface area contributed by atoms with Gasteiger partial charge in [0.05, 0.1) is 18.8 Å². The molecule has 2 amide bonds. The summed E-state index contributed by atoms with van der Waals surface area (Å²) in [6.07, 6.45) is 0. The molecule has 0 saturated carbocycles. The first-order chi connectivity index (χ1) is 16.4. The van der Waals surface area contributed by atoms with Crippen molar-refractivity contribution >= 4 is 11.8 Å². The van der Waals surface area contributed by atoms with Gasteiger partial charge >= 0.3 is 0 Å². The van der Waals surface area contributed by atoms with E-state index in [9.17, 15) is 9.59 Å². The zero-order valence-corrected chi connectivity index (χ0v) is 19.2. The smallest absolute Gasteiger partial charge is 0.273 e. The summed E-state index contributed by atoms with van der Waals surface area (Å²) in [6.45, 7) is 4.44. The first-order valence-corrected chi connectivity index (χ1v) is 11.3. The van der Waals surface area contributed by atoms with E-state index in [-0.39, 0.29) is 24.9 Å². The third-order valence-electron chi connectivity index (χ3n) is 6.26. The van der Waals surface area contributed by atoms with E-state index < -0.39 is 5.54 Å². The Morgan fingerprint density at radius 1 is 1.06 bits per heavy atom. The normalized spacial score (nSPS) is 17.5. The quantitative estimate of drug-likeness (QED) is 0.474. The third kappa shape index (κ3) is 4.01. The van der Waals surface area contributed by atoms with E-state index in [0.29, 0.717) is 23.7 Å².